The van der Waals surface area contributed by atoms with E-state index in [4.69, 9.17) is 9.47 Å². The van der Waals surface area contributed by atoms with Crippen molar-refractivity contribution in [2.45, 2.75) is 31.8 Å². The number of nitrogens with zero attached hydrogens (tertiary/aromatic N) is 2. The highest BCUT2D eigenvalue weighted by Crippen LogP contribution is 2.30. The van der Waals surface area contributed by atoms with Crippen LogP contribution in [0.15, 0.2) is 53.4 Å². The van der Waals surface area contributed by atoms with Gasteiger partial charge in [-0.15, -0.1) is 0 Å². The Hall–Kier alpha value is -3.14. The first-order valence-corrected chi connectivity index (χ1v) is 10.3. The fourth-order valence-corrected chi connectivity index (χ4v) is 4.12. The van der Waals surface area contributed by atoms with E-state index in [1.807, 2.05) is 13.8 Å². The van der Waals surface area contributed by atoms with Crippen molar-refractivity contribution in [2.24, 2.45) is 0 Å². The number of benzene rings is 2. The largest absolute Gasteiger partial charge is 0.491 e. The van der Waals surface area contributed by atoms with Crippen molar-refractivity contribution in [1.82, 2.24) is 0 Å². The highest BCUT2D eigenvalue weighted by molar-refractivity contribution is 7.93. The Morgan fingerprint density at radius 1 is 1.14 bits per heavy atom. The molecule has 29 heavy (non-hydrogen) atoms. The Labute approximate surface area is 169 Å². The van der Waals surface area contributed by atoms with Crippen molar-refractivity contribution in [3.8, 4) is 5.75 Å². The Bertz CT molecular complexity index is 972. The zero-order chi connectivity index (χ0) is 21.6. The zero-order valence-corrected chi connectivity index (χ0v) is 17.1. The summed E-state index contributed by atoms with van der Waals surface area (Å²) in [6, 6.07) is 11.0. The molecule has 0 atom stereocenters. The summed E-state index contributed by atoms with van der Waals surface area (Å²) in [5, 5.41) is 11.3. The van der Waals surface area contributed by atoms with Crippen molar-refractivity contribution in [1.29, 1.82) is 0 Å². The molecule has 0 heterocycles. The molecule has 0 bridgehead atoms. The van der Waals surface area contributed by atoms with Crippen molar-refractivity contribution in [3.05, 3.63) is 58.6 Å². The topological polar surface area (TPSA) is 116 Å². The molecule has 0 unspecified atom stereocenters. The normalized spacial score (nSPS) is 11.2. The predicted molar refractivity (Wildman–Crippen MR) is 106 cm³/mol. The molecule has 0 aliphatic rings. The molecule has 9 nitrogen and oxygen atoms in total. The Morgan fingerprint density at radius 3 is 2.31 bits per heavy atom. The molecular formula is C19H22N2O7S. The van der Waals surface area contributed by atoms with E-state index in [0.717, 1.165) is 16.4 Å². The van der Waals surface area contributed by atoms with Gasteiger partial charge in [-0.25, -0.2) is 8.42 Å². The van der Waals surface area contributed by atoms with Gasteiger partial charge in [0.2, 0.25) is 0 Å². The average molecular weight is 422 g/mol. The Morgan fingerprint density at radius 2 is 1.76 bits per heavy atom. The first-order valence-electron chi connectivity index (χ1n) is 8.85. The van der Waals surface area contributed by atoms with Crippen molar-refractivity contribution < 1.29 is 27.6 Å². The van der Waals surface area contributed by atoms with Gasteiger partial charge in [-0.05, 0) is 51.1 Å². The number of carbonyl (C=O) groups excluding carboxylic acids is 1. The minimum atomic E-state index is -4.43. The third-order valence-electron chi connectivity index (χ3n) is 3.70. The van der Waals surface area contributed by atoms with Crippen LogP contribution in [0.5, 0.6) is 5.75 Å². The number of nitro benzene ring substituents is 1. The van der Waals surface area contributed by atoms with Gasteiger partial charge in [0.25, 0.3) is 15.7 Å². The van der Waals surface area contributed by atoms with Gasteiger partial charge >= 0.3 is 5.97 Å². The van der Waals surface area contributed by atoms with Crippen LogP contribution < -0.4 is 9.04 Å². The van der Waals surface area contributed by atoms with Crippen molar-refractivity contribution >= 4 is 27.4 Å². The van der Waals surface area contributed by atoms with Crippen LogP contribution in [0.2, 0.25) is 0 Å². The molecule has 0 spiro atoms. The van der Waals surface area contributed by atoms with Gasteiger partial charge in [-0.1, -0.05) is 12.1 Å². The molecule has 2 aromatic carbocycles. The van der Waals surface area contributed by atoms with Crippen LogP contribution in [0.4, 0.5) is 11.4 Å². The van der Waals surface area contributed by atoms with E-state index in [2.05, 4.69) is 0 Å². The van der Waals surface area contributed by atoms with Gasteiger partial charge in [0.05, 0.1) is 23.3 Å². The molecule has 0 aliphatic heterocycles. The molecule has 0 N–H and O–H groups in total. The molecule has 10 heteroatoms. The average Bonchev–Trinajstić information content (AvgIpc) is 2.66. The molecule has 0 fully saturated rings. The molecule has 2 aromatic rings. The zero-order valence-electron chi connectivity index (χ0n) is 16.3. The van der Waals surface area contributed by atoms with Gasteiger partial charge in [-0.3, -0.25) is 19.2 Å². The van der Waals surface area contributed by atoms with Gasteiger partial charge < -0.3 is 9.47 Å². The number of esters is 1. The maximum atomic E-state index is 13.2. The summed E-state index contributed by atoms with van der Waals surface area (Å²) in [5.74, 6) is -0.264. The highest BCUT2D eigenvalue weighted by Gasteiger charge is 2.33. The number of hydrogen-bond donors (Lipinski definition) is 0. The lowest BCUT2D eigenvalue weighted by atomic mass is 10.3. The van der Waals surface area contributed by atoms with E-state index in [9.17, 15) is 23.3 Å². The summed E-state index contributed by atoms with van der Waals surface area (Å²) < 4.78 is 37.7. The molecule has 0 aromatic heterocycles. The second kappa shape index (κ2) is 9.37. The summed E-state index contributed by atoms with van der Waals surface area (Å²) in [6.45, 7) is 4.72. The van der Waals surface area contributed by atoms with Gasteiger partial charge in [0.15, 0.2) is 4.90 Å². The maximum absolute atomic E-state index is 13.2. The van der Waals surface area contributed by atoms with E-state index < -0.39 is 38.0 Å². The lowest BCUT2D eigenvalue weighted by molar-refractivity contribution is -0.387. The van der Waals surface area contributed by atoms with E-state index in [1.54, 1.807) is 19.1 Å². The molecular weight excluding hydrogens is 400 g/mol. The molecule has 2 rings (SSSR count). The number of sulfonamides is 1. The molecule has 0 amide bonds. The van der Waals surface area contributed by atoms with Crippen LogP contribution in [-0.4, -0.2) is 38.6 Å². The number of para-hydroxylation sites is 1. The van der Waals surface area contributed by atoms with Crippen LogP contribution in [-0.2, 0) is 19.6 Å². The third kappa shape index (κ3) is 5.44. The van der Waals surface area contributed by atoms with Crippen molar-refractivity contribution in [3.63, 3.8) is 0 Å². The predicted octanol–water partition coefficient (Wildman–Crippen LogP) is 3.14. The fourth-order valence-electron chi connectivity index (χ4n) is 2.55. The summed E-state index contributed by atoms with van der Waals surface area (Å²) in [7, 11) is -4.43. The maximum Gasteiger partial charge on any atom is 0.326 e. The monoisotopic (exact) mass is 422 g/mol. The standard InChI is InChI=1S/C19H22N2O7S/c1-4-27-19(22)13-20(15-9-11-16(12-10-15)28-14(2)3)29(25,26)18-8-6-5-7-17(18)21(23)24/h5-12,14H,4,13H2,1-3H3. The molecule has 156 valence electrons. The second-order valence-electron chi connectivity index (χ2n) is 6.20. The quantitative estimate of drug-likeness (QED) is 0.346. The minimum Gasteiger partial charge on any atom is -0.491 e. The molecule has 0 aliphatic carbocycles. The van der Waals surface area contributed by atoms with Crippen molar-refractivity contribution in [2.75, 3.05) is 17.5 Å². The Kier molecular flexibility index (Phi) is 7.16. The first kappa shape index (κ1) is 22.2. The summed E-state index contributed by atoms with van der Waals surface area (Å²) in [4.78, 5) is 22.1. The van der Waals surface area contributed by atoms with E-state index >= 15 is 0 Å². The smallest absolute Gasteiger partial charge is 0.326 e. The van der Waals surface area contributed by atoms with E-state index in [-0.39, 0.29) is 18.4 Å². The number of anilines is 1. The van der Waals surface area contributed by atoms with Crippen LogP contribution in [0.3, 0.4) is 0 Å². The highest BCUT2D eigenvalue weighted by atomic mass is 32.2. The lowest BCUT2D eigenvalue weighted by Crippen LogP contribution is -2.37. The Balaban J connectivity index is 2.53. The number of nitro groups is 1. The van der Waals surface area contributed by atoms with E-state index in [1.165, 1.54) is 24.3 Å². The molecule has 0 saturated carbocycles. The van der Waals surface area contributed by atoms with Crippen LogP contribution >= 0.6 is 0 Å². The summed E-state index contributed by atoms with van der Waals surface area (Å²) >= 11 is 0. The minimum absolute atomic E-state index is 0.0688. The fraction of sp³-hybridized carbons (Fsp3) is 0.316. The number of carbonyl (C=O) groups is 1. The van der Waals surface area contributed by atoms with Crippen LogP contribution in [0, 0.1) is 10.1 Å². The van der Waals surface area contributed by atoms with Gasteiger partial charge in [-0.2, -0.15) is 0 Å². The summed E-state index contributed by atoms with van der Waals surface area (Å²) in [5.41, 5.74) is -0.437. The third-order valence-corrected chi connectivity index (χ3v) is 5.53. The van der Waals surface area contributed by atoms with Crippen LogP contribution in [0.1, 0.15) is 20.8 Å². The number of ether oxygens (including phenoxy) is 2. The van der Waals surface area contributed by atoms with Gasteiger partial charge in [0, 0.05) is 6.07 Å². The number of rotatable bonds is 9. The second-order valence-corrected chi connectivity index (χ2v) is 8.03. The molecule has 0 radical (unpaired) electrons. The van der Waals surface area contributed by atoms with Crippen LogP contribution in [0.25, 0.3) is 0 Å². The van der Waals surface area contributed by atoms with Gasteiger partial charge in [0.1, 0.15) is 12.3 Å². The van der Waals surface area contributed by atoms with E-state index in [0.29, 0.717) is 5.75 Å². The molecule has 0 saturated heterocycles. The summed E-state index contributed by atoms with van der Waals surface area (Å²) in [6.07, 6.45) is -0.0767. The first-order chi connectivity index (χ1) is 13.7. The number of hydrogen-bond acceptors (Lipinski definition) is 7. The SMILES string of the molecule is CCOC(=O)CN(c1ccc(OC(C)C)cc1)S(=O)(=O)c1ccccc1[N+](=O)[O-]. The lowest BCUT2D eigenvalue weighted by Gasteiger charge is -2.23.